The second-order valence-corrected chi connectivity index (χ2v) is 11.1. The fourth-order valence-electron chi connectivity index (χ4n) is 4.20. The van der Waals surface area contributed by atoms with Crippen molar-refractivity contribution in [3.63, 3.8) is 0 Å². The van der Waals surface area contributed by atoms with Crippen LogP contribution in [0.4, 0.5) is 4.79 Å². The van der Waals surface area contributed by atoms with Gasteiger partial charge in [0.1, 0.15) is 17.7 Å². The molecule has 1 fully saturated rings. The lowest BCUT2D eigenvalue weighted by molar-refractivity contribution is -0.144. The van der Waals surface area contributed by atoms with Crippen molar-refractivity contribution in [2.45, 2.75) is 104 Å². The zero-order valence-electron chi connectivity index (χ0n) is 22.8. The van der Waals surface area contributed by atoms with Crippen LogP contribution in [-0.4, -0.2) is 52.4 Å². The van der Waals surface area contributed by atoms with E-state index in [1.54, 1.807) is 25.7 Å². The quantitative estimate of drug-likeness (QED) is 0.452. The van der Waals surface area contributed by atoms with Crippen LogP contribution in [0.25, 0.3) is 0 Å². The highest BCUT2D eigenvalue weighted by atomic mass is 16.6. The largest absolute Gasteiger partial charge is 0.444 e. The summed E-state index contributed by atoms with van der Waals surface area (Å²) >= 11 is 0. The fourth-order valence-corrected chi connectivity index (χ4v) is 4.20. The molecule has 0 aliphatic heterocycles. The number of hydrogen-bond acceptors (Lipinski definition) is 5. The summed E-state index contributed by atoms with van der Waals surface area (Å²) < 4.78 is 5.37. The third-order valence-corrected chi connectivity index (χ3v) is 6.25. The van der Waals surface area contributed by atoms with Crippen LogP contribution < -0.4 is 16.4 Å². The number of carbonyl (C=O) groups excluding carboxylic acids is 4. The smallest absolute Gasteiger partial charge is 0.408 e. The van der Waals surface area contributed by atoms with Crippen molar-refractivity contribution in [3.05, 3.63) is 34.9 Å². The monoisotopic (exact) mass is 502 g/mol. The van der Waals surface area contributed by atoms with Crippen molar-refractivity contribution in [2.24, 2.45) is 11.7 Å². The molecule has 1 aliphatic rings. The molecule has 0 saturated heterocycles. The Morgan fingerprint density at radius 2 is 1.75 bits per heavy atom. The molecule has 4 amide bonds. The zero-order chi connectivity index (χ0) is 27.4. The molecular formula is C27H42N4O5. The Labute approximate surface area is 214 Å². The Hall–Kier alpha value is -3.10. The minimum atomic E-state index is -1.08. The van der Waals surface area contributed by atoms with Crippen LogP contribution in [0, 0.1) is 19.8 Å². The third-order valence-electron chi connectivity index (χ3n) is 6.25. The molecule has 9 heteroatoms. The van der Waals surface area contributed by atoms with Gasteiger partial charge in [0.05, 0.1) is 0 Å². The third kappa shape index (κ3) is 7.96. The van der Waals surface area contributed by atoms with Gasteiger partial charge in [0.15, 0.2) is 0 Å². The summed E-state index contributed by atoms with van der Waals surface area (Å²) in [6.07, 6.45) is -0.149. The Morgan fingerprint density at radius 1 is 1.14 bits per heavy atom. The van der Waals surface area contributed by atoms with Gasteiger partial charge in [-0.1, -0.05) is 25.1 Å². The molecule has 0 heterocycles. The molecule has 1 aliphatic carbocycles. The van der Waals surface area contributed by atoms with Crippen LogP contribution in [0.2, 0.25) is 0 Å². The molecular weight excluding hydrogens is 460 g/mol. The number of carbonyl (C=O) groups is 4. The molecule has 0 aromatic heterocycles. The summed E-state index contributed by atoms with van der Waals surface area (Å²) in [5, 5.41) is 5.59. The van der Waals surface area contributed by atoms with Gasteiger partial charge < -0.3 is 26.0 Å². The average molecular weight is 503 g/mol. The summed E-state index contributed by atoms with van der Waals surface area (Å²) in [6, 6.07) is 3.39. The first-order valence-corrected chi connectivity index (χ1v) is 12.6. The topological polar surface area (TPSA) is 131 Å². The highest BCUT2D eigenvalue weighted by Crippen LogP contribution is 2.41. The number of rotatable bonds is 10. The number of ether oxygens (including phenoxy) is 1. The maximum Gasteiger partial charge on any atom is 0.408 e. The Morgan fingerprint density at radius 3 is 2.25 bits per heavy atom. The number of amides is 4. The molecule has 4 unspecified atom stereocenters. The van der Waals surface area contributed by atoms with Crippen molar-refractivity contribution in [3.8, 4) is 0 Å². The van der Waals surface area contributed by atoms with Crippen molar-refractivity contribution >= 4 is 23.8 Å². The lowest BCUT2D eigenvalue weighted by Gasteiger charge is -2.36. The van der Waals surface area contributed by atoms with Crippen LogP contribution >= 0.6 is 0 Å². The number of nitrogens with one attached hydrogen (secondary N) is 2. The van der Waals surface area contributed by atoms with Crippen LogP contribution in [0.15, 0.2) is 18.2 Å². The van der Waals surface area contributed by atoms with Crippen molar-refractivity contribution in [2.75, 3.05) is 0 Å². The van der Waals surface area contributed by atoms with Gasteiger partial charge in [-0.25, -0.2) is 4.79 Å². The summed E-state index contributed by atoms with van der Waals surface area (Å²) in [5.41, 5.74) is 7.24. The van der Waals surface area contributed by atoms with E-state index < -0.39 is 35.6 Å². The van der Waals surface area contributed by atoms with E-state index in [9.17, 15) is 19.2 Å². The minimum absolute atomic E-state index is 0.00364. The normalized spacial score (nSPS) is 18.7. The van der Waals surface area contributed by atoms with Crippen LogP contribution in [0.1, 0.15) is 83.5 Å². The number of nitrogens with two attached hydrogens (primary N) is 1. The van der Waals surface area contributed by atoms with Crippen molar-refractivity contribution in [1.29, 1.82) is 0 Å². The Bertz CT molecular complexity index is 985. The van der Waals surface area contributed by atoms with E-state index in [0.717, 1.165) is 23.1 Å². The first-order chi connectivity index (χ1) is 16.6. The Balaban J connectivity index is 2.54. The standard InChI is InChI=1S/C27H42N4O5/c1-15(2)29-24(33)23(19-11-9-10-16(3)18(19)5)31(21-14-17(21)4)25(34)20(12-13-22(28)32)30-26(35)36-27(6,7)8/h9-11,15,17,20-21,23H,12-14H2,1-8H3,(H2,28,32)(H,29,33)(H,30,35). The summed E-state index contributed by atoms with van der Waals surface area (Å²) in [6.45, 7) is 14.8. The zero-order valence-corrected chi connectivity index (χ0v) is 22.8. The fraction of sp³-hybridized carbons (Fsp3) is 0.630. The van der Waals surface area contributed by atoms with Crippen molar-refractivity contribution < 1.29 is 23.9 Å². The van der Waals surface area contributed by atoms with E-state index in [0.29, 0.717) is 0 Å². The number of primary amides is 1. The maximum absolute atomic E-state index is 14.1. The molecule has 1 saturated carbocycles. The van der Waals surface area contributed by atoms with E-state index in [-0.39, 0.29) is 36.8 Å². The SMILES string of the molecule is Cc1cccc(C(C(=O)NC(C)C)N(C(=O)C(CCC(N)=O)NC(=O)OC(C)(C)C)C2CC2C)c1C. The molecule has 2 rings (SSSR count). The first-order valence-electron chi connectivity index (χ1n) is 12.6. The Kier molecular flexibility index (Phi) is 9.51. The molecule has 0 spiro atoms. The minimum Gasteiger partial charge on any atom is -0.444 e. The summed E-state index contributed by atoms with van der Waals surface area (Å²) in [4.78, 5) is 53.5. The van der Waals surface area contributed by atoms with Crippen LogP contribution in [-0.2, 0) is 19.1 Å². The molecule has 200 valence electrons. The lowest BCUT2D eigenvalue weighted by atomic mass is 9.94. The molecule has 0 bridgehead atoms. The number of benzene rings is 1. The summed E-state index contributed by atoms with van der Waals surface area (Å²) in [5.74, 6) is -1.14. The van der Waals surface area contributed by atoms with Gasteiger partial charge >= 0.3 is 6.09 Å². The molecule has 1 aromatic rings. The van der Waals surface area contributed by atoms with Gasteiger partial charge in [0, 0.05) is 18.5 Å². The van der Waals surface area contributed by atoms with E-state index in [2.05, 4.69) is 10.6 Å². The second-order valence-electron chi connectivity index (χ2n) is 11.1. The molecule has 4 N–H and O–H groups in total. The van der Waals surface area contributed by atoms with Gasteiger partial charge in [0.25, 0.3) is 0 Å². The van der Waals surface area contributed by atoms with Gasteiger partial charge in [-0.2, -0.15) is 0 Å². The predicted molar refractivity (Wildman–Crippen MR) is 138 cm³/mol. The van der Waals surface area contributed by atoms with Crippen molar-refractivity contribution in [1.82, 2.24) is 15.5 Å². The van der Waals surface area contributed by atoms with Gasteiger partial charge in [0.2, 0.25) is 17.7 Å². The van der Waals surface area contributed by atoms with Gasteiger partial charge in [-0.15, -0.1) is 0 Å². The number of hydrogen-bond donors (Lipinski definition) is 3. The highest BCUT2D eigenvalue weighted by Gasteiger charge is 2.48. The number of nitrogens with zero attached hydrogens (tertiary/aromatic N) is 1. The van der Waals surface area contributed by atoms with Crippen LogP contribution in [0.3, 0.4) is 0 Å². The van der Waals surface area contributed by atoms with E-state index in [4.69, 9.17) is 10.5 Å². The highest BCUT2D eigenvalue weighted by molar-refractivity contribution is 5.93. The molecule has 4 atom stereocenters. The van der Waals surface area contributed by atoms with E-state index in [1.807, 2.05) is 52.8 Å². The molecule has 0 radical (unpaired) electrons. The lowest BCUT2D eigenvalue weighted by Crippen LogP contribution is -2.54. The molecule has 36 heavy (non-hydrogen) atoms. The van der Waals surface area contributed by atoms with Gasteiger partial charge in [-0.05, 0) is 83.9 Å². The second kappa shape index (κ2) is 11.8. The molecule has 1 aromatic carbocycles. The summed E-state index contributed by atoms with van der Waals surface area (Å²) in [7, 11) is 0. The maximum atomic E-state index is 14.1. The molecule has 9 nitrogen and oxygen atoms in total. The van der Waals surface area contributed by atoms with Gasteiger partial charge in [-0.3, -0.25) is 14.4 Å². The number of alkyl carbamates (subject to hydrolysis) is 1. The van der Waals surface area contributed by atoms with Crippen LogP contribution in [0.5, 0.6) is 0 Å². The first kappa shape index (κ1) is 29.1. The van der Waals surface area contributed by atoms with E-state index in [1.165, 1.54) is 0 Å². The average Bonchev–Trinajstić information content (AvgIpc) is 3.44. The van der Waals surface area contributed by atoms with E-state index >= 15 is 0 Å². The predicted octanol–water partition coefficient (Wildman–Crippen LogP) is 3.26. The number of aryl methyl sites for hydroxylation is 1.